The fraction of sp³-hybridized carbons (Fsp3) is 0.484. The Balaban J connectivity index is 1.68. The summed E-state index contributed by atoms with van der Waals surface area (Å²) in [6.07, 6.45) is 3.94. The largest absolute Gasteiger partial charge is 0.496 e. The average Bonchev–Trinajstić information content (AvgIpc) is 3.49. The highest BCUT2D eigenvalue weighted by atomic mass is 16.6. The second-order valence-electron chi connectivity index (χ2n) is 11.8. The van der Waals surface area contributed by atoms with Gasteiger partial charge in [-0.25, -0.2) is 4.79 Å². The van der Waals surface area contributed by atoms with Crippen LogP contribution >= 0.6 is 0 Å². The number of non-ortho nitro benzene ring substituents is 1. The Labute approximate surface area is 243 Å². The van der Waals surface area contributed by atoms with Crippen molar-refractivity contribution in [3.8, 4) is 16.9 Å². The molecular weight excluding hydrogens is 542 g/mol. The second kappa shape index (κ2) is 9.53. The molecule has 1 spiro atoms. The van der Waals surface area contributed by atoms with Gasteiger partial charge in [0.1, 0.15) is 5.75 Å². The Bertz CT molecular complexity index is 1530. The molecule has 0 amide bonds. The SMILES string of the molecule is CC[C@]12C=CCN3CC[C@@]4(c5cc(-c6cccc([N+](=O)[O-])c6)c(OC)cc5N(C)[C@H]4[C@@](O)(C(=O)OC)[C@@H]1OC(C)=O)[C@@H]32. The van der Waals surface area contributed by atoms with E-state index in [1.165, 1.54) is 33.3 Å². The molecule has 2 aromatic carbocycles. The first-order chi connectivity index (χ1) is 20.0. The van der Waals surface area contributed by atoms with E-state index in [1.807, 2.05) is 43.2 Å². The number of methoxy groups -OCH3 is 2. The van der Waals surface area contributed by atoms with E-state index < -0.39 is 45.4 Å². The number of carbonyl (C=O) groups is 2. The third-order valence-electron chi connectivity index (χ3n) is 10.1. The van der Waals surface area contributed by atoms with Gasteiger partial charge in [-0.05, 0) is 36.6 Å². The molecule has 1 saturated heterocycles. The number of nitro benzene ring substituents is 1. The molecule has 11 nitrogen and oxygen atoms in total. The van der Waals surface area contributed by atoms with Crippen molar-refractivity contribution >= 4 is 23.3 Å². The van der Waals surface area contributed by atoms with E-state index in [9.17, 15) is 24.8 Å². The predicted molar refractivity (Wildman–Crippen MR) is 153 cm³/mol. The van der Waals surface area contributed by atoms with Gasteiger partial charge >= 0.3 is 11.9 Å². The molecule has 3 heterocycles. The molecule has 4 aliphatic rings. The Morgan fingerprint density at radius 1 is 1.19 bits per heavy atom. The third kappa shape index (κ3) is 3.40. The topological polar surface area (TPSA) is 132 Å². The Kier molecular flexibility index (Phi) is 6.39. The maximum absolute atomic E-state index is 13.8. The van der Waals surface area contributed by atoms with E-state index >= 15 is 0 Å². The first-order valence-corrected chi connectivity index (χ1v) is 14.1. The normalized spacial score (nSPS) is 32.5. The van der Waals surface area contributed by atoms with Gasteiger partial charge < -0.3 is 24.2 Å². The number of likely N-dealkylation sites (N-methyl/N-ethyl adjacent to an activating group) is 1. The van der Waals surface area contributed by atoms with Gasteiger partial charge in [-0.15, -0.1) is 0 Å². The number of rotatable bonds is 6. The predicted octanol–water partition coefficient (Wildman–Crippen LogP) is 3.22. The lowest BCUT2D eigenvalue weighted by atomic mass is 9.47. The Morgan fingerprint density at radius 2 is 1.95 bits per heavy atom. The molecule has 0 bridgehead atoms. The number of hydrogen-bond acceptors (Lipinski definition) is 10. The number of carbonyl (C=O) groups excluding carboxylic acids is 2. The summed E-state index contributed by atoms with van der Waals surface area (Å²) in [5.41, 5.74) is -1.01. The minimum Gasteiger partial charge on any atom is -0.496 e. The molecule has 1 aliphatic carbocycles. The quantitative estimate of drug-likeness (QED) is 0.236. The van der Waals surface area contributed by atoms with E-state index in [0.29, 0.717) is 42.8 Å². The molecule has 42 heavy (non-hydrogen) atoms. The summed E-state index contributed by atoms with van der Waals surface area (Å²) >= 11 is 0. The molecule has 1 N–H and O–H groups in total. The lowest BCUT2D eigenvalue weighted by molar-refractivity contribution is -0.384. The molecule has 0 unspecified atom stereocenters. The third-order valence-corrected chi connectivity index (χ3v) is 10.1. The summed E-state index contributed by atoms with van der Waals surface area (Å²) in [7, 11) is 4.59. The zero-order valence-electron chi connectivity index (χ0n) is 24.3. The van der Waals surface area contributed by atoms with Crippen LogP contribution in [-0.2, 0) is 24.5 Å². The minimum absolute atomic E-state index is 0.0420. The van der Waals surface area contributed by atoms with Crippen molar-refractivity contribution in [1.82, 2.24) is 4.90 Å². The van der Waals surface area contributed by atoms with Crippen LogP contribution in [0.5, 0.6) is 5.75 Å². The highest BCUT2D eigenvalue weighted by molar-refractivity contribution is 5.88. The smallest absolute Gasteiger partial charge is 0.344 e. The number of anilines is 1. The average molecular weight is 578 g/mol. The van der Waals surface area contributed by atoms with Crippen molar-refractivity contribution in [1.29, 1.82) is 0 Å². The number of ether oxygens (including phenoxy) is 3. The maximum atomic E-state index is 13.8. The van der Waals surface area contributed by atoms with Crippen LogP contribution < -0.4 is 9.64 Å². The van der Waals surface area contributed by atoms with Crippen LogP contribution in [0.15, 0.2) is 48.6 Å². The van der Waals surface area contributed by atoms with Crippen LogP contribution in [0, 0.1) is 15.5 Å². The molecule has 0 radical (unpaired) electrons. The number of benzene rings is 2. The summed E-state index contributed by atoms with van der Waals surface area (Å²) in [6, 6.07) is 9.18. The molecule has 11 heteroatoms. The molecule has 6 rings (SSSR count). The first-order valence-electron chi connectivity index (χ1n) is 14.1. The van der Waals surface area contributed by atoms with Crippen LogP contribution in [0.3, 0.4) is 0 Å². The Hall–Kier alpha value is -3.96. The second-order valence-corrected chi connectivity index (χ2v) is 11.8. The highest BCUT2D eigenvalue weighted by Gasteiger charge is 2.80. The lowest BCUT2D eigenvalue weighted by Gasteiger charge is -2.63. The van der Waals surface area contributed by atoms with Gasteiger partial charge in [-0.3, -0.25) is 19.8 Å². The van der Waals surface area contributed by atoms with Gasteiger partial charge in [0.2, 0.25) is 5.60 Å². The van der Waals surface area contributed by atoms with Crippen LogP contribution in [-0.4, -0.2) is 85.0 Å². The van der Waals surface area contributed by atoms with Crippen molar-refractivity contribution in [2.45, 2.75) is 55.9 Å². The first kappa shape index (κ1) is 28.2. The van der Waals surface area contributed by atoms with Crippen LogP contribution in [0.2, 0.25) is 0 Å². The summed E-state index contributed by atoms with van der Waals surface area (Å²) in [5, 5.41) is 24.4. The molecule has 2 fully saturated rings. The minimum atomic E-state index is -2.22. The zero-order valence-corrected chi connectivity index (χ0v) is 24.3. The van der Waals surface area contributed by atoms with Gasteiger partial charge in [0.15, 0.2) is 6.10 Å². The maximum Gasteiger partial charge on any atom is 0.344 e. The summed E-state index contributed by atoms with van der Waals surface area (Å²) < 4.78 is 17.0. The number of esters is 2. The van der Waals surface area contributed by atoms with Crippen molar-refractivity contribution in [2.24, 2.45) is 5.41 Å². The number of nitro groups is 1. The van der Waals surface area contributed by atoms with Crippen molar-refractivity contribution < 1.29 is 33.8 Å². The van der Waals surface area contributed by atoms with Crippen molar-refractivity contribution in [3.63, 3.8) is 0 Å². The number of nitrogens with zero attached hydrogens (tertiary/aromatic N) is 3. The van der Waals surface area contributed by atoms with E-state index in [2.05, 4.69) is 4.90 Å². The van der Waals surface area contributed by atoms with Gasteiger partial charge in [0.05, 0.1) is 25.2 Å². The number of fused-ring (bicyclic) bond motifs is 1. The number of aliphatic hydroxyl groups is 1. The van der Waals surface area contributed by atoms with E-state index in [4.69, 9.17) is 14.2 Å². The van der Waals surface area contributed by atoms with Crippen LogP contribution in [0.4, 0.5) is 11.4 Å². The number of hydrogen-bond donors (Lipinski definition) is 1. The highest BCUT2D eigenvalue weighted by Crippen LogP contribution is 2.67. The van der Waals surface area contributed by atoms with Crippen molar-refractivity contribution in [3.05, 3.63) is 64.2 Å². The molecule has 3 aliphatic heterocycles. The van der Waals surface area contributed by atoms with Gasteiger partial charge in [0, 0.05) is 66.8 Å². The lowest BCUT2D eigenvalue weighted by Crippen LogP contribution is -2.81. The zero-order chi connectivity index (χ0) is 30.2. The van der Waals surface area contributed by atoms with Crippen LogP contribution in [0.1, 0.15) is 32.3 Å². The van der Waals surface area contributed by atoms with E-state index in [1.54, 1.807) is 12.1 Å². The summed E-state index contributed by atoms with van der Waals surface area (Å²) in [6.45, 7) is 4.64. The van der Waals surface area contributed by atoms with Crippen LogP contribution in [0.25, 0.3) is 11.1 Å². The summed E-state index contributed by atoms with van der Waals surface area (Å²) in [5.74, 6) is -0.972. The molecule has 1 saturated carbocycles. The molecule has 2 aromatic rings. The van der Waals surface area contributed by atoms with E-state index in [0.717, 1.165) is 11.3 Å². The molecule has 222 valence electrons. The summed E-state index contributed by atoms with van der Waals surface area (Å²) in [4.78, 5) is 41.8. The standard InChI is InChI=1S/C31H35N3O8/c1-6-29-11-8-13-33-14-12-30(25(29)33)22-16-21(19-9-7-10-20(15-19)34(38)39)24(40-4)17-23(22)32(3)26(30)31(37,28(36)41-5)27(29)42-18(2)35/h7-11,15-17,25-27,37H,6,12-14H2,1-5H3/t25-,26+,27+,29+,30+,31-/m0/s1. The monoisotopic (exact) mass is 577 g/mol. The molecule has 0 aromatic heterocycles. The molecular formula is C31H35N3O8. The Morgan fingerprint density at radius 3 is 2.60 bits per heavy atom. The van der Waals surface area contributed by atoms with Gasteiger partial charge in [-0.2, -0.15) is 0 Å². The fourth-order valence-electron chi connectivity index (χ4n) is 8.77. The van der Waals surface area contributed by atoms with Gasteiger partial charge in [0.25, 0.3) is 5.69 Å². The molecule has 6 atom stereocenters. The van der Waals surface area contributed by atoms with Gasteiger partial charge in [-0.1, -0.05) is 31.2 Å². The fourth-order valence-corrected chi connectivity index (χ4v) is 8.77. The van der Waals surface area contributed by atoms with Crippen molar-refractivity contribution in [2.75, 3.05) is 39.3 Å². The van der Waals surface area contributed by atoms with E-state index in [-0.39, 0.29) is 11.7 Å².